The van der Waals surface area contributed by atoms with E-state index in [0.29, 0.717) is 17.9 Å². The number of nitrogens with zero attached hydrogens (tertiary/aromatic N) is 3. The zero-order valence-electron chi connectivity index (χ0n) is 10.5. The normalized spacial score (nSPS) is 29.8. The molecule has 1 aromatic heterocycles. The summed E-state index contributed by atoms with van der Waals surface area (Å²) in [5, 5.41) is 11.7. The summed E-state index contributed by atoms with van der Waals surface area (Å²) in [5.74, 6) is 1.30. The van der Waals surface area contributed by atoms with Gasteiger partial charge in [-0.1, -0.05) is 19.1 Å². The topological polar surface area (TPSA) is 42.7 Å². The molecule has 2 rings (SSSR count). The summed E-state index contributed by atoms with van der Waals surface area (Å²) in [6.45, 7) is 5.50. The highest BCUT2D eigenvalue weighted by Gasteiger charge is 2.34. The predicted octanol–water partition coefficient (Wildman–Crippen LogP) is 1.79. The number of rotatable bonds is 4. The van der Waals surface area contributed by atoms with Crippen LogP contribution in [-0.4, -0.2) is 28.1 Å². The van der Waals surface area contributed by atoms with Gasteiger partial charge in [0.1, 0.15) is 0 Å². The SMILES string of the molecule is CCCn1nncc1C1CCC(NC)C1C. The molecule has 1 heterocycles. The molecule has 0 aromatic carbocycles. The Hall–Kier alpha value is -0.900. The van der Waals surface area contributed by atoms with Crippen LogP contribution in [0, 0.1) is 5.92 Å². The molecule has 4 nitrogen and oxygen atoms in total. The van der Waals surface area contributed by atoms with E-state index in [4.69, 9.17) is 0 Å². The van der Waals surface area contributed by atoms with Crippen molar-refractivity contribution in [2.75, 3.05) is 7.05 Å². The van der Waals surface area contributed by atoms with Crippen molar-refractivity contribution in [2.24, 2.45) is 5.92 Å². The summed E-state index contributed by atoms with van der Waals surface area (Å²) in [5.41, 5.74) is 1.33. The lowest BCUT2D eigenvalue weighted by molar-refractivity contribution is 0.409. The van der Waals surface area contributed by atoms with Gasteiger partial charge in [0.25, 0.3) is 0 Å². The summed E-state index contributed by atoms with van der Waals surface area (Å²) in [7, 11) is 2.06. The summed E-state index contributed by atoms with van der Waals surface area (Å²) in [4.78, 5) is 0. The molecule has 16 heavy (non-hydrogen) atoms. The maximum Gasteiger partial charge on any atom is 0.0728 e. The van der Waals surface area contributed by atoms with Crippen molar-refractivity contribution in [1.29, 1.82) is 0 Å². The minimum atomic E-state index is 0.624. The molecule has 0 saturated heterocycles. The number of nitrogens with one attached hydrogen (secondary N) is 1. The second-order valence-electron chi connectivity index (χ2n) is 4.82. The molecule has 0 aliphatic heterocycles. The quantitative estimate of drug-likeness (QED) is 0.844. The van der Waals surface area contributed by atoms with Gasteiger partial charge in [0.2, 0.25) is 0 Å². The Balaban J connectivity index is 2.15. The Labute approximate surface area is 97.4 Å². The fraction of sp³-hybridized carbons (Fsp3) is 0.833. The highest BCUT2D eigenvalue weighted by Crippen LogP contribution is 2.38. The summed E-state index contributed by atoms with van der Waals surface area (Å²) in [6.07, 6.45) is 5.59. The van der Waals surface area contributed by atoms with Crippen molar-refractivity contribution >= 4 is 0 Å². The first-order chi connectivity index (χ1) is 7.77. The van der Waals surface area contributed by atoms with E-state index >= 15 is 0 Å². The molecule has 3 unspecified atom stereocenters. The van der Waals surface area contributed by atoms with Gasteiger partial charge >= 0.3 is 0 Å². The van der Waals surface area contributed by atoms with Crippen molar-refractivity contribution in [3.63, 3.8) is 0 Å². The summed E-state index contributed by atoms with van der Waals surface area (Å²) in [6, 6.07) is 0.648. The lowest BCUT2D eigenvalue weighted by Gasteiger charge is -2.20. The van der Waals surface area contributed by atoms with Gasteiger partial charge in [-0.05, 0) is 32.2 Å². The van der Waals surface area contributed by atoms with Gasteiger partial charge in [-0.15, -0.1) is 5.10 Å². The second kappa shape index (κ2) is 4.95. The van der Waals surface area contributed by atoms with E-state index in [2.05, 4.69) is 41.2 Å². The molecule has 0 amide bonds. The molecule has 0 bridgehead atoms. The molecule has 4 heteroatoms. The Morgan fingerprint density at radius 2 is 2.31 bits per heavy atom. The molecule has 1 saturated carbocycles. The molecule has 1 aliphatic carbocycles. The smallest absolute Gasteiger partial charge is 0.0728 e. The van der Waals surface area contributed by atoms with E-state index in [1.807, 2.05) is 6.20 Å². The lowest BCUT2D eigenvalue weighted by atomic mass is 9.93. The molecular weight excluding hydrogens is 200 g/mol. The monoisotopic (exact) mass is 222 g/mol. The second-order valence-corrected chi connectivity index (χ2v) is 4.82. The third-order valence-electron chi connectivity index (χ3n) is 3.89. The van der Waals surface area contributed by atoms with Crippen LogP contribution in [0.4, 0.5) is 0 Å². The van der Waals surface area contributed by atoms with Crippen LogP contribution in [0.15, 0.2) is 6.20 Å². The fourth-order valence-electron chi connectivity index (χ4n) is 2.93. The van der Waals surface area contributed by atoms with Gasteiger partial charge in [-0.25, -0.2) is 4.68 Å². The highest BCUT2D eigenvalue weighted by atomic mass is 15.4. The van der Waals surface area contributed by atoms with Crippen LogP contribution < -0.4 is 5.32 Å². The molecule has 0 spiro atoms. The molecule has 1 aromatic rings. The Bertz CT molecular complexity index is 334. The average molecular weight is 222 g/mol. The molecule has 1 fully saturated rings. The summed E-state index contributed by atoms with van der Waals surface area (Å²) >= 11 is 0. The van der Waals surface area contributed by atoms with Crippen LogP contribution in [0.5, 0.6) is 0 Å². The maximum absolute atomic E-state index is 4.18. The molecule has 1 N–H and O–H groups in total. The zero-order chi connectivity index (χ0) is 11.5. The van der Waals surface area contributed by atoms with Crippen LogP contribution in [0.1, 0.15) is 44.7 Å². The van der Waals surface area contributed by atoms with E-state index in [9.17, 15) is 0 Å². The van der Waals surface area contributed by atoms with Crippen LogP contribution in [0.25, 0.3) is 0 Å². The molecule has 3 atom stereocenters. The first-order valence-corrected chi connectivity index (χ1v) is 6.33. The van der Waals surface area contributed by atoms with Crippen molar-refractivity contribution in [3.05, 3.63) is 11.9 Å². The Morgan fingerprint density at radius 3 is 2.94 bits per heavy atom. The number of aromatic nitrogens is 3. The largest absolute Gasteiger partial charge is 0.317 e. The predicted molar refractivity (Wildman–Crippen MR) is 64.3 cm³/mol. The van der Waals surface area contributed by atoms with Crippen LogP contribution in [-0.2, 0) is 6.54 Å². The fourth-order valence-corrected chi connectivity index (χ4v) is 2.93. The lowest BCUT2D eigenvalue weighted by Crippen LogP contribution is -2.29. The van der Waals surface area contributed by atoms with Crippen LogP contribution in [0.3, 0.4) is 0 Å². The van der Waals surface area contributed by atoms with E-state index in [1.54, 1.807) is 0 Å². The third-order valence-corrected chi connectivity index (χ3v) is 3.89. The van der Waals surface area contributed by atoms with Crippen LogP contribution >= 0.6 is 0 Å². The zero-order valence-corrected chi connectivity index (χ0v) is 10.5. The molecule has 0 radical (unpaired) electrons. The van der Waals surface area contributed by atoms with E-state index in [-0.39, 0.29) is 0 Å². The minimum absolute atomic E-state index is 0.624. The summed E-state index contributed by atoms with van der Waals surface area (Å²) < 4.78 is 2.08. The average Bonchev–Trinajstić information content (AvgIpc) is 2.85. The Morgan fingerprint density at radius 1 is 1.50 bits per heavy atom. The minimum Gasteiger partial charge on any atom is -0.317 e. The van der Waals surface area contributed by atoms with Gasteiger partial charge in [0.15, 0.2) is 0 Å². The maximum atomic E-state index is 4.18. The molecular formula is C12H22N4. The first-order valence-electron chi connectivity index (χ1n) is 6.33. The van der Waals surface area contributed by atoms with Crippen molar-refractivity contribution in [1.82, 2.24) is 20.3 Å². The van der Waals surface area contributed by atoms with E-state index in [0.717, 1.165) is 13.0 Å². The number of hydrogen-bond acceptors (Lipinski definition) is 3. The van der Waals surface area contributed by atoms with Gasteiger partial charge in [0, 0.05) is 18.5 Å². The number of hydrogen-bond donors (Lipinski definition) is 1. The van der Waals surface area contributed by atoms with Crippen LogP contribution in [0.2, 0.25) is 0 Å². The van der Waals surface area contributed by atoms with Gasteiger partial charge in [-0.3, -0.25) is 0 Å². The van der Waals surface area contributed by atoms with Gasteiger partial charge < -0.3 is 5.32 Å². The number of aryl methyl sites for hydroxylation is 1. The van der Waals surface area contributed by atoms with Gasteiger partial charge in [0.05, 0.1) is 11.9 Å². The Kier molecular flexibility index (Phi) is 3.59. The van der Waals surface area contributed by atoms with Crippen molar-refractivity contribution in [3.8, 4) is 0 Å². The van der Waals surface area contributed by atoms with Gasteiger partial charge in [-0.2, -0.15) is 0 Å². The first kappa shape index (κ1) is 11.6. The van der Waals surface area contributed by atoms with E-state index in [1.165, 1.54) is 18.5 Å². The highest BCUT2D eigenvalue weighted by molar-refractivity contribution is 5.10. The van der Waals surface area contributed by atoms with E-state index < -0.39 is 0 Å². The van der Waals surface area contributed by atoms with Crippen molar-refractivity contribution < 1.29 is 0 Å². The van der Waals surface area contributed by atoms with Crippen molar-refractivity contribution in [2.45, 2.75) is 51.6 Å². The molecule has 1 aliphatic rings. The third kappa shape index (κ3) is 1.98. The molecule has 90 valence electrons. The standard InChI is InChI=1S/C12H22N4/c1-4-7-16-12(8-14-15-16)10-5-6-11(13-3)9(10)2/h8-11,13H,4-7H2,1-3H3.